The van der Waals surface area contributed by atoms with E-state index in [1.165, 1.54) is 16.7 Å². The first-order valence-electron chi connectivity index (χ1n) is 10.4. The minimum atomic E-state index is -1.12. The summed E-state index contributed by atoms with van der Waals surface area (Å²) in [5, 5.41) is 14.5. The second kappa shape index (κ2) is 11.2. The number of rotatable bonds is 8. The van der Waals surface area contributed by atoms with Gasteiger partial charge in [0, 0.05) is 13.0 Å². The number of hydrogen-bond acceptors (Lipinski definition) is 6. The van der Waals surface area contributed by atoms with Gasteiger partial charge in [-0.15, -0.1) is 0 Å². The molecule has 0 bridgehead atoms. The van der Waals surface area contributed by atoms with Crippen LogP contribution in [0.1, 0.15) is 38.3 Å². The third kappa shape index (κ3) is 7.44. The monoisotopic (exact) mass is 465 g/mol. The normalized spacial score (nSPS) is 16.5. The van der Waals surface area contributed by atoms with Crippen molar-refractivity contribution in [3.8, 4) is 0 Å². The van der Waals surface area contributed by atoms with E-state index in [2.05, 4.69) is 10.6 Å². The fourth-order valence-corrected chi connectivity index (χ4v) is 3.82. The van der Waals surface area contributed by atoms with Crippen molar-refractivity contribution >= 4 is 35.6 Å². The summed E-state index contributed by atoms with van der Waals surface area (Å²) in [7, 11) is 0. The number of thioether (sulfide) groups is 1. The molecule has 0 radical (unpaired) electrons. The molecule has 0 aromatic heterocycles. The van der Waals surface area contributed by atoms with Crippen LogP contribution in [0.25, 0.3) is 0 Å². The Morgan fingerprint density at radius 2 is 1.88 bits per heavy atom. The number of fused-ring (bicyclic) bond motifs is 1. The fraction of sp³-hybridized carbons (Fsp3) is 0.545. The summed E-state index contributed by atoms with van der Waals surface area (Å²) in [5.41, 5.74) is 1.12. The van der Waals surface area contributed by atoms with Crippen molar-refractivity contribution in [2.45, 2.75) is 57.8 Å². The average molecular weight is 466 g/mol. The van der Waals surface area contributed by atoms with Crippen LogP contribution in [0.15, 0.2) is 24.3 Å². The van der Waals surface area contributed by atoms with Crippen molar-refractivity contribution in [3.63, 3.8) is 0 Å². The topological polar surface area (TPSA) is 125 Å². The van der Waals surface area contributed by atoms with Crippen LogP contribution in [0.4, 0.5) is 4.79 Å². The van der Waals surface area contributed by atoms with Crippen LogP contribution in [-0.4, -0.2) is 70.1 Å². The molecule has 10 heteroatoms. The summed E-state index contributed by atoms with van der Waals surface area (Å²) in [6.45, 7) is 4.99. The maximum absolute atomic E-state index is 13.0. The Morgan fingerprint density at radius 1 is 1.22 bits per heavy atom. The van der Waals surface area contributed by atoms with E-state index in [0.717, 1.165) is 11.1 Å². The van der Waals surface area contributed by atoms with Crippen molar-refractivity contribution in [2.75, 3.05) is 18.6 Å². The Hall–Kier alpha value is -2.75. The number of hydrogen-bond donors (Lipinski definition) is 3. The first kappa shape index (κ1) is 25.5. The Morgan fingerprint density at radius 3 is 2.47 bits per heavy atom. The van der Waals surface area contributed by atoms with Gasteiger partial charge in [0.2, 0.25) is 11.8 Å². The van der Waals surface area contributed by atoms with E-state index >= 15 is 0 Å². The average Bonchev–Trinajstić information content (AvgIpc) is 2.72. The van der Waals surface area contributed by atoms with Crippen molar-refractivity contribution < 1.29 is 29.0 Å². The first-order valence-corrected chi connectivity index (χ1v) is 11.8. The highest BCUT2D eigenvalue weighted by Crippen LogP contribution is 2.24. The quantitative estimate of drug-likeness (QED) is 0.534. The van der Waals surface area contributed by atoms with Gasteiger partial charge in [-0.25, -0.2) is 9.59 Å². The minimum Gasteiger partial charge on any atom is -0.480 e. The molecule has 1 aliphatic rings. The summed E-state index contributed by atoms with van der Waals surface area (Å²) in [5.74, 6) is -1.53. The molecule has 1 aromatic rings. The Kier molecular flexibility index (Phi) is 8.94. The zero-order chi connectivity index (χ0) is 23.9. The molecule has 1 aromatic carbocycles. The molecule has 9 nitrogen and oxygen atoms in total. The van der Waals surface area contributed by atoms with Gasteiger partial charge in [0.25, 0.3) is 0 Å². The van der Waals surface area contributed by atoms with Crippen LogP contribution in [0.2, 0.25) is 0 Å². The number of carbonyl (C=O) groups excluding carboxylic acids is 3. The maximum Gasteiger partial charge on any atom is 0.408 e. The molecular formula is C22H31N3O6S. The maximum atomic E-state index is 13.0. The third-order valence-corrected chi connectivity index (χ3v) is 5.52. The van der Waals surface area contributed by atoms with E-state index in [1.54, 1.807) is 20.8 Å². The number of carboxylic acid groups (broad SMARTS) is 1. The van der Waals surface area contributed by atoms with Crippen LogP contribution in [-0.2, 0) is 32.1 Å². The van der Waals surface area contributed by atoms with E-state index in [9.17, 15) is 24.3 Å². The SMILES string of the molecule is CSCC[C@@H](NC(=O)C1Cc2ccccc2CN1C(=O)CNC(=O)OC(C)(C)C)C(=O)O. The van der Waals surface area contributed by atoms with Crippen molar-refractivity contribution in [3.05, 3.63) is 35.4 Å². The van der Waals surface area contributed by atoms with Gasteiger partial charge in [0.05, 0.1) is 0 Å². The van der Waals surface area contributed by atoms with Crippen LogP contribution in [0.5, 0.6) is 0 Å². The van der Waals surface area contributed by atoms with Gasteiger partial charge in [0.15, 0.2) is 0 Å². The van der Waals surface area contributed by atoms with Crippen LogP contribution in [0, 0.1) is 0 Å². The van der Waals surface area contributed by atoms with Crippen molar-refractivity contribution in [2.24, 2.45) is 0 Å². The summed E-state index contributed by atoms with van der Waals surface area (Å²) < 4.78 is 5.16. The van der Waals surface area contributed by atoms with Gasteiger partial charge in [-0.3, -0.25) is 9.59 Å². The molecule has 2 rings (SSSR count). The predicted octanol–water partition coefficient (Wildman–Crippen LogP) is 1.79. The molecule has 176 valence electrons. The van der Waals surface area contributed by atoms with E-state index in [0.29, 0.717) is 5.75 Å². The highest BCUT2D eigenvalue weighted by molar-refractivity contribution is 7.98. The van der Waals surface area contributed by atoms with Crippen LogP contribution in [0.3, 0.4) is 0 Å². The van der Waals surface area contributed by atoms with Gasteiger partial charge in [0.1, 0.15) is 24.2 Å². The summed E-state index contributed by atoms with van der Waals surface area (Å²) in [6.07, 6.45) is 1.67. The van der Waals surface area contributed by atoms with Gasteiger partial charge in [-0.2, -0.15) is 11.8 Å². The molecule has 0 fully saturated rings. The highest BCUT2D eigenvalue weighted by Gasteiger charge is 2.36. The molecule has 1 heterocycles. The molecular weight excluding hydrogens is 434 g/mol. The molecule has 0 aliphatic carbocycles. The molecule has 1 aliphatic heterocycles. The Labute approximate surface area is 192 Å². The Balaban J connectivity index is 2.16. The van der Waals surface area contributed by atoms with E-state index in [4.69, 9.17) is 4.74 Å². The van der Waals surface area contributed by atoms with E-state index in [1.807, 2.05) is 30.5 Å². The lowest BCUT2D eigenvalue weighted by Gasteiger charge is -2.36. The van der Waals surface area contributed by atoms with Gasteiger partial charge < -0.3 is 25.4 Å². The zero-order valence-corrected chi connectivity index (χ0v) is 19.7. The smallest absolute Gasteiger partial charge is 0.408 e. The van der Waals surface area contributed by atoms with Gasteiger partial charge in [-0.1, -0.05) is 24.3 Å². The fourth-order valence-electron chi connectivity index (χ4n) is 3.34. The largest absolute Gasteiger partial charge is 0.480 e. The zero-order valence-electron chi connectivity index (χ0n) is 18.8. The van der Waals surface area contributed by atoms with E-state index < -0.39 is 41.6 Å². The number of alkyl carbamates (subject to hydrolysis) is 1. The Bertz CT molecular complexity index is 854. The molecule has 2 atom stereocenters. The minimum absolute atomic E-state index is 0.186. The summed E-state index contributed by atoms with van der Waals surface area (Å²) >= 11 is 1.49. The second-order valence-electron chi connectivity index (χ2n) is 8.55. The lowest BCUT2D eigenvalue weighted by atomic mass is 9.93. The van der Waals surface area contributed by atoms with E-state index in [-0.39, 0.29) is 25.9 Å². The number of carboxylic acids is 1. The van der Waals surface area contributed by atoms with Crippen molar-refractivity contribution in [1.82, 2.24) is 15.5 Å². The number of ether oxygens (including phenoxy) is 1. The van der Waals surface area contributed by atoms with Crippen LogP contribution < -0.4 is 10.6 Å². The predicted molar refractivity (Wildman–Crippen MR) is 121 cm³/mol. The number of nitrogens with zero attached hydrogens (tertiary/aromatic N) is 1. The van der Waals surface area contributed by atoms with Crippen molar-refractivity contribution in [1.29, 1.82) is 0 Å². The molecule has 0 spiro atoms. The van der Waals surface area contributed by atoms with Gasteiger partial charge >= 0.3 is 12.1 Å². The second-order valence-corrected chi connectivity index (χ2v) is 9.53. The molecule has 0 saturated carbocycles. The third-order valence-electron chi connectivity index (χ3n) is 4.88. The highest BCUT2D eigenvalue weighted by atomic mass is 32.2. The molecule has 32 heavy (non-hydrogen) atoms. The lowest BCUT2D eigenvalue weighted by Crippen LogP contribution is -2.57. The molecule has 1 unspecified atom stereocenters. The number of aliphatic carboxylic acids is 1. The summed E-state index contributed by atoms with van der Waals surface area (Å²) in [4.78, 5) is 50.9. The molecule has 3 amide bonds. The number of amides is 3. The number of carbonyl (C=O) groups is 4. The van der Waals surface area contributed by atoms with Gasteiger partial charge in [-0.05, 0) is 50.3 Å². The number of benzene rings is 1. The first-order chi connectivity index (χ1) is 15.0. The molecule has 3 N–H and O–H groups in total. The number of nitrogens with one attached hydrogen (secondary N) is 2. The van der Waals surface area contributed by atoms with Crippen LogP contribution >= 0.6 is 11.8 Å². The summed E-state index contributed by atoms with van der Waals surface area (Å²) in [6, 6.07) is 5.55. The molecule has 0 saturated heterocycles. The lowest BCUT2D eigenvalue weighted by molar-refractivity contribution is -0.145. The standard InChI is InChI=1S/C22H31N3O6S/c1-22(2,3)31-21(30)23-12-18(26)25-13-15-8-6-5-7-14(15)11-17(25)19(27)24-16(20(28)29)9-10-32-4/h5-8,16-17H,9-13H2,1-4H3,(H,23,30)(H,24,27)(H,28,29)/t16-,17?/m1/s1.